The van der Waals surface area contributed by atoms with Crippen molar-refractivity contribution in [2.24, 2.45) is 0 Å². The Morgan fingerprint density at radius 3 is 3.07 bits per heavy atom. The number of aromatic nitrogens is 1. The molecule has 1 N–H and O–H groups in total. The molecule has 1 aromatic heterocycles. The molecule has 15 heavy (non-hydrogen) atoms. The molecule has 2 heterocycles. The molecule has 1 amide bonds. The summed E-state index contributed by atoms with van der Waals surface area (Å²) in [7, 11) is 0. The van der Waals surface area contributed by atoms with Gasteiger partial charge in [-0.05, 0) is 24.1 Å². The van der Waals surface area contributed by atoms with Crippen LogP contribution in [0.4, 0.5) is 0 Å². The van der Waals surface area contributed by atoms with E-state index in [-0.39, 0.29) is 12.3 Å². The van der Waals surface area contributed by atoms with Gasteiger partial charge in [-0.1, -0.05) is 0 Å². The molecular weight excluding hydrogens is 192 g/mol. The zero-order valence-corrected chi connectivity index (χ0v) is 8.68. The van der Waals surface area contributed by atoms with E-state index < -0.39 is 6.10 Å². The maximum Gasteiger partial charge on any atom is 0.225 e. The number of likely N-dealkylation sites (tertiary alicyclic amines) is 1. The predicted octanol–water partition coefficient (Wildman–Crippen LogP) is 0.483. The van der Waals surface area contributed by atoms with Crippen LogP contribution in [0.5, 0.6) is 0 Å². The molecule has 80 valence electrons. The van der Waals surface area contributed by atoms with Crippen molar-refractivity contribution in [2.75, 3.05) is 6.54 Å². The van der Waals surface area contributed by atoms with Crippen LogP contribution >= 0.6 is 0 Å². The van der Waals surface area contributed by atoms with Crippen molar-refractivity contribution >= 4 is 5.91 Å². The van der Waals surface area contributed by atoms with Gasteiger partial charge in [0.15, 0.2) is 0 Å². The van der Waals surface area contributed by atoms with Gasteiger partial charge in [-0.25, -0.2) is 0 Å². The van der Waals surface area contributed by atoms with Crippen LogP contribution in [-0.4, -0.2) is 33.5 Å². The minimum absolute atomic E-state index is 0.0192. The molecule has 2 rings (SSSR count). The first-order chi connectivity index (χ1) is 7.16. The maximum atomic E-state index is 11.4. The number of nitrogens with zero attached hydrogens (tertiary/aromatic N) is 2. The normalized spacial score (nSPS) is 21.1. The fourth-order valence-electron chi connectivity index (χ4n) is 1.77. The number of carbonyl (C=O) groups is 1. The molecule has 0 bridgehead atoms. The zero-order valence-electron chi connectivity index (χ0n) is 8.68. The lowest BCUT2D eigenvalue weighted by Gasteiger charge is -2.16. The lowest BCUT2D eigenvalue weighted by Crippen LogP contribution is -2.25. The molecule has 4 nitrogen and oxygen atoms in total. The molecule has 1 aliphatic rings. The highest BCUT2D eigenvalue weighted by molar-refractivity contribution is 5.79. The number of amides is 1. The number of hydrogen-bond donors (Lipinski definition) is 1. The molecule has 1 saturated heterocycles. The van der Waals surface area contributed by atoms with Gasteiger partial charge in [0.1, 0.15) is 0 Å². The van der Waals surface area contributed by atoms with Gasteiger partial charge in [0.05, 0.1) is 12.5 Å². The third-order valence-electron chi connectivity index (χ3n) is 2.70. The number of β-amino-alcohol motifs (C(OH)–C–C–N with tert-alkyl or cyclic N) is 1. The van der Waals surface area contributed by atoms with Crippen LogP contribution in [0, 0.1) is 6.92 Å². The predicted molar refractivity (Wildman–Crippen MR) is 55.0 cm³/mol. The lowest BCUT2D eigenvalue weighted by atomic mass is 10.1. The lowest BCUT2D eigenvalue weighted by molar-refractivity contribution is -0.128. The van der Waals surface area contributed by atoms with E-state index in [2.05, 4.69) is 4.98 Å². The number of pyridine rings is 1. The first kappa shape index (κ1) is 10.1. The second-order valence-corrected chi connectivity index (χ2v) is 3.93. The summed E-state index contributed by atoms with van der Waals surface area (Å²) in [6.45, 7) is 2.98. The van der Waals surface area contributed by atoms with Crippen molar-refractivity contribution in [2.45, 2.75) is 26.0 Å². The van der Waals surface area contributed by atoms with Crippen molar-refractivity contribution in [3.8, 4) is 0 Å². The Kier molecular flexibility index (Phi) is 2.68. The average Bonchev–Trinajstić information content (AvgIpc) is 2.49. The average molecular weight is 206 g/mol. The van der Waals surface area contributed by atoms with E-state index in [1.165, 1.54) is 0 Å². The van der Waals surface area contributed by atoms with Crippen LogP contribution in [0.25, 0.3) is 0 Å². The van der Waals surface area contributed by atoms with Crippen molar-refractivity contribution in [1.29, 1.82) is 0 Å². The highest BCUT2D eigenvalue weighted by atomic mass is 16.3. The van der Waals surface area contributed by atoms with E-state index in [9.17, 15) is 9.90 Å². The van der Waals surface area contributed by atoms with Gasteiger partial charge in [0.2, 0.25) is 5.91 Å². The zero-order chi connectivity index (χ0) is 10.8. The van der Waals surface area contributed by atoms with Gasteiger partial charge >= 0.3 is 0 Å². The molecule has 0 aromatic carbocycles. The van der Waals surface area contributed by atoms with Gasteiger partial charge in [-0.2, -0.15) is 0 Å². The fourth-order valence-corrected chi connectivity index (χ4v) is 1.77. The molecule has 1 aliphatic heterocycles. The van der Waals surface area contributed by atoms with E-state index in [1.54, 1.807) is 17.3 Å². The van der Waals surface area contributed by atoms with E-state index in [0.717, 1.165) is 11.1 Å². The van der Waals surface area contributed by atoms with Crippen LogP contribution in [0.15, 0.2) is 18.5 Å². The second kappa shape index (κ2) is 3.98. The Morgan fingerprint density at radius 2 is 2.47 bits per heavy atom. The Labute approximate surface area is 88.6 Å². The van der Waals surface area contributed by atoms with Crippen molar-refractivity contribution < 1.29 is 9.90 Å². The third-order valence-corrected chi connectivity index (χ3v) is 2.70. The molecule has 0 radical (unpaired) electrons. The molecule has 0 spiro atoms. The number of rotatable bonds is 2. The molecular formula is C11H14N2O2. The van der Waals surface area contributed by atoms with E-state index in [4.69, 9.17) is 0 Å². The first-order valence-electron chi connectivity index (χ1n) is 5.02. The highest BCUT2D eigenvalue weighted by Crippen LogP contribution is 2.16. The summed E-state index contributed by atoms with van der Waals surface area (Å²) in [5, 5.41) is 9.34. The van der Waals surface area contributed by atoms with Crippen LogP contribution in [0.2, 0.25) is 0 Å². The summed E-state index contributed by atoms with van der Waals surface area (Å²) >= 11 is 0. The van der Waals surface area contributed by atoms with Crippen LogP contribution < -0.4 is 0 Å². The fraction of sp³-hybridized carbons (Fsp3) is 0.455. The summed E-state index contributed by atoms with van der Waals surface area (Å²) in [4.78, 5) is 17.2. The summed E-state index contributed by atoms with van der Waals surface area (Å²) in [6.07, 6.45) is 3.25. The van der Waals surface area contributed by atoms with Crippen LogP contribution in [0.1, 0.15) is 17.5 Å². The molecule has 1 unspecified atom stereocenters. The van der Waals surface area contributed by atoms with E-state index in [0.29, 0.717) is 13.1 Å². The molecule has 1 aromatic rings. The first-order valence-corrected chi connectivity index (χ1v) is 5.02. The number of aliphatic hydroxyl groups excluding tert-OH is 1. The second-order valence-electron chi connectivity index (χ2n) is 3.93. The van der Waals surface area contributed by atoms with Crippen molar-refractivity contribution in [3.63, 3.8) is 0 Å². The molecule has 1 fully saturated rings. The summed E-state index contributed by atoms with van der Waals surface area (Å²) in [5.41, 5.74) is 2.17. The SMILES string of the molecule is Cc1ccncc1CN1CC(O)CC1=O. The van der Waals surface area contributed by atoms with Gasteiger partial charge in [-0.3, -0.25) is 9.78 Å². The summed E-state index contributed by atoms with van der Waals surface area (Å²) < 4.78 is 0. The highest BCUT2D eigenvalue weighted by Gasteiger charge is 2.27. The van der Waals surface area contributed by atoms with Crippen molar-refractivity contribution in [3.05, 3.63) is 29.6 Å². The minimum atomic E-state index is -0.505. The van der Waals surface area contributed by atoms with E-state index >= 15 is 0 Å². The Bertz CT molecular complexity index is 379. The molecule has 0 aliphatic carbocycles. The largest absolute Gasteiger partial charge is 0.391 e. The van der Waals surface area contributed by atoms with Gasteiger partial charge < -0.3 is 10.0 Å². The minimum Gasteiger partial charge on any atom is -0.391 e. The number of hydrogen-bond acceptors (Lipinski definition) is 3. The molecule has 0 saturated carbocycles. The standard InChI is InChI=1S/C11H14N2O2/c1-8-2-3-12-5-9(8)6-13-7-10(14)4-11(13)15/h2-3,5,10,14H,4,6-7H2,1H3. The summed E-state index contributed by atoms with van der Waals surface area (Å²) in [5.74, 6) is 0.0192. The van der Waals surface area contributed by atoms with Gasteiger partial charge in [0.25, 0.3) is 0 Å². The Morgan fingerprint density at radius 1 is 1.67 bits per heavy atom. The Hall–Kier alpha value is -1.42. The Balaban J connectivity index is 2.09. The monoisotopic (exact) mass is 206 g/mol. The topological polar surface area (TPSA) is 53.4 Å². The number of aryl methyl sites for hydroxylation is 1. The number of aliphatic hydroxyl groups is 1. The van der Waals surface area contributed by atoms with Gasteiger partial charge in [0, 0.05) is 25.5 Å². The van der Waals surface area contributed by atoms with Crippen LogP contribution in [0.3, 0.4) is 0 Å². The summed E-state index contributed by atoms with van der Waals surface area (Å²) in [6, 6.07) is 1.92. The van der Waals surface area contributed by atoms with E-state index in [1.807, 2.05) is 13.0 Å². The molecule has 4 heteroatoms. The maximum absolute atomic E-state index is 11.4. The third kappa shape index (κ3) is 2.15. The molecule has 1 atom stereocenters. The van der Waals surface area contributed by atoms with Crippen LogP contribution in [-0.2, 0) is 11.3 Å². The quantitative estimate of drug-likeness (QED) is 0.766. The smallest absolute Gasteiger partial charge is 0.225 e. The van der Waals surface area contributed by atoms with Gasteiger partial charge in [-0.15, -0.1) is 0 Å². The van der Waals surface area contributed by atoms with Crippen molar-refractivity contribution in [1.82, 2.24) is 9.88 Å². The number of carbonyl (C=O) groups excluding carboxylic acids is 1.